The van der Waals surface area contributed by atoms with Crippen molar-refractivity contribution in [2.75, 3.05) is 6.79 Å². The molecule has 0 saturated carbocycles. The van der Waals surface area contributed by atoms with E-state index in [1.807, 2.05) is 6.92 Å². The molecule has 0 saturated heterocycles. The van der Waals surface area contributed by atoms with Crippen LogP contribution in [0.2, 0.25) is 0 Å². The smallest absolute Gasteiger partial charge is 0.330 e. The Morgan fingerprint density at radius 1 is 1.42 bits per heavy atom. The van der Waals surface area contributed by atoms with Crippen LogP contribution in [-0.4, -0.2) is 29.8 Å². The minimum Gasteiger partial charge on any atom is -0.480 e. The molecule has 0 spiro atoms. The molecule has 4 N–H and O–H groups in total. The molecule has 1 aliphatic rings. The number of nitrogens with two attached hydrogens (primary N) is 1. The molecule has 19 heavy (non-hydrogen) atoms. The molecule has 1 atom stereocenters. The fourth-order valence-corrected chi connectivity index (χ4v) is 1.68. The first-order valence-corrected chi connectivity index (χ1v) is 5.64. The summed E-state index contributed by atoms with van der Waals surface area (Å²) in [6.45, 7) is 2.22. The van der Waals surface area contributed by atoms with Gasteiger partial charge in [0, 0.05) is 6.54 Å². The fraction of sp³-hybridized carbons (Fsp3) is 0.333. The van der Waals surface area contributed by atoms with Crippen LogP contribution < -0.4 is 20.5 Å². The summed E-state index contributed by atoms with van der Waals surface area (Å²) in [6, 6.07) is 2.00. The van der Waals surface area contributed by atoms with Gasteiger partial charge in [0.2, 0.25) is 12.7 Å². The largest absolute Gasteiger partial charge is 0.480 e. The molecule has 0 aliphatic carbocycles. The molecule has 102 valence electrons. The Bertz CT molecular complexity index is 529. The van der Waals surface area contributed by atoms with E-state index in [1.165, 1.54) is 0 Å². The zero-order valence-corrected chi connectivity index (χ0v) is 10.3. The lowest BCUT2D eigenvalue weighted by molar-refractivity contribution is -0.142. The zero-order valence-electron chi connectivity index (χ0n) is 10.3. The van der Waals surface area contributed by atoms with E-state index >= 15 is 0 Å². The second kappa shape index (κ2) is 5.15. The Morgan fingerprint density at radius 2 is 2.05 bits per heavy atom. The molecule has 2 rings (SSSR count). The topological polar surface area (TPSA) is 111 Å². The average molecular weight is 266 g/mol. The highest BCUT2D eigenvalue weighted by atomic mass is 16.7. The van der Waals surface area contributed by atoms with Gasteiger partial charge in [0.15, 0.2) is 17.5 Å². The van der Waals surface area contributed by atoms with Gasteiger partial charge < -0.3 is 25.6 Å². The van der Waals surface area contributed by atoms with Crippen LogP contribution in [0.1, 0.15) is 11.1 Å². The van der Waals surface area contributed by atoms with E-state index in [0.29, 0.717) is 11.5 Å². The maximum absolute atomic E-state index is 11.4. The molecule has 0 bridgehead atoms. The molecular weight excluding hydrogens is 252 g/mol. The summed E-state index contributed by atoms with van der Waals surface area (Å²) in [5, 5.41) is 11.1. The third-order valence-corrected chi connectivity index (χ3v) is 2.83. The molecule has 1 aromatic rings. The van der Waals surface area contributed by atoms with Gasteiger partial charge in [-0.2, -0.15) is 0 Å². The van der Waals surface area contributed by atoms with Crippen molar-refractivity contribution in [3.05, 3.63) is 23.3 Å². The van der Waals surface area contributed by atoms with Gasteiger partial charge >= 0.3 is 5.97 Å². The number of ether oxygens (including phenoxy) is 2. The van der Waals surface area contributed by atoms with Crippen molar-refractivity contribution < 1.29 is 24.2 Å². The molecule has 0 fully saturated rings. The Kier molecular flexibility index (Phi) is 3.57. The lowest BCUT2D eigenvalue weighted by Gasteiger charge is -2.11. The highest BCUT2D eigenvalue weighted by molar-refractivity contribution is 6.00. The summed E-state index contributed by atoms with van der Waals surface area (Å²) in [7, 11) is 0. The standard InChI is InChI=1S/C12H14N2O5/c1-6-2-8-9(19-5-18-8)3-7(6)4-14-11(15)10(13)12(16)17/h2-3,10H,4-5,13H2,1H3,(H,14,15)(H,16,17). The maximum Gasteiger partial charge on any atom is 0.330 e. The molecule has 1 aromatic carbocycles. The number of nitrogens with one attached hydrogen (secondary N) is 1. The van der Waals surface area contributed by atoms with Crippen molar-refractivity contribution in [2.45, 2.75) is 19.5 Å². The van der Waals surface area contributed by atoms with Crippen LogP contribution in [0.25, 0.3) is 0 Å². The number of carboxylic acid groups (broad SMARTS) is 1. The van der Waals surface area contributed by atoms with Gasteiger partial charge in [0.05, 0.1) is 0 Å². The Morgan fingerprint density at radius 3 is 2.68 bits per heavy atom. The highest BCUT2D eigenvalue weighted by Crippen LogP contribution is 2.34. The number of aliphatic carboxylic acids is 1. The fourth-order valence-electron chi connectivity index (χ4n) is 1.68. The lowest BCUT2D eigenvalue weighted by atomic mass is 10.1. The molecule has 0 radical (unpaired) electrons. The van der Waals surface area contributed by atoms with Crippen LogP contribution in [0, 0.1) is 6.92 Å². The normalized spacial score (nSPS) is 14.0. The van der Waals surface area contributed by atoms with Crippen molar-refractivity contribution in [3.8, 4) is 11.5 Å². The number of carbonyl (C=O) groups is 2. The monoisotopic (exact) mass is 266 g/mol. The number of amides is 1. The third-order valence-electron chi connectivity index (χ3n) is 2.83. The van der Waals surface area contributed by atoms with Crippen molar-refractivity contribution in [3.63, 3.8) is 0 Å². The van der Waals surface area contributed by atoms with E-state index in [0.717, 1.165) is 11.1 Å². The van der Waals surface area contributed by atoms with E-state index in [2.05, 4.69) is 5.32 Å². The molecule has 1 unspecified atom stereocenters. The number of hydrogen-bond donors (Lipinski definition) is 3. The number of benzene rings is 1. The van der Waals surface area contributed by atoms with Crippen LogP contribution in [0.5, 0.6) is 11.5 Å². The van der Waals surface area contributed by atoms with Gasteiger partial charge in [-0.1, -0.05) is 0 Å². The summed E-state index contributed by atoms with van der Waals surface area (Å²) in [5.74, 6) is -0.823. The van der Waals surface area contributed by atoms with Gasteiger partial charge in [0.25, 0.3) is 0 Å². The van der Waals surface area contributed by atoms with Crippen LogP contribution >= 0.6 is 0 Å². The van der Waals surface area contributed by atoms with Crippen LogP contribution in [0.4, 0.5) is 0 Å². The number of rotatable bonds is 4. The van der Waals surface area contributed by atoms with Crippen LogP contribution in [-0.2, 0) is 16.1 Å². The van der Waals surface area contributed by atoms with E-state index in [4.69, 9.17) is 20.3 Å². The Labute approximate surface area is 109 Å². The van der Waals surface area contributed by atoms with Crippen LogP contribution in [0.15, 0.2) is 12.1 Å². The first-order valence-electron chi connectivity index (χ1n) is 5.64. The zero-order chi connectivity index (χ0) is 14.0. The summed E-state index contributed by atoms with van der Waals surface area (Å²) in [6.07, 6.45) is 0. The second-order valence-corrected chi connectivity index (χ2v) is 4.17. The van der Waals surface area contributed by atoms with Crippen molar-refractivity contribution in [1.82, 2.24) is 5.32 Å². The van der Waals surface area contributed by atoms with Gasteiger partial charge in [-0.05, 0) is 30.2 Å². The van der Waals surface area contributed by atoms with Crippen LogP contribution in [0.3, 0.4) is 0 Å². The number of carbonyl (C=O) groups excluding carboxylic acids is 1. The van der Waals surface area contributed by atoms with Gasteiger partial charge in [-0.3, -0.25) is 4.79 Å². The van der Waals surface area contributed by atoms with E-state index in [-0.39, 0.29) is 13.3 Å². The predicted octanol–water partition coefficient (Wildman–Crippen LogP) is -0.248. The summed E-state index contributed by atoms with van der Waals surface area (Å²) < 4.78 is 10.5. The Hall–Kier alpha value is -2.28. The van der Waals surface area contributed by atoms with Gasteiger partial charge in [-0.25, -0.2) is 4.79 Å². The molecule has 0 aromatic heterocycles. The number of hydrogen-bond acceptors (Lipinski definition) is 5. The third kappa shape index (κ3) is 2.76. The SMILES string of the molecule is Cc1cc2c(cc1CNC(=O)C(N)C(=O)O)OCO2. The quantitative estimate of drug-likeness (QED) is 0.648. The summed E-state index contributed by atoms with van der Waals surface area (Å²) in [5.41, 5.74) is 6.92. The lowest BCUT2D eigenvalue weighted by Crippen LogP contribution is -2.45. The molecule has 7 nitrogen and oxygen atoms in total. The minimum atomic E-state index is -1.56. The maximum atomic E-state index is 11.4. The summed E-state index contributed by atoms with van der Waals surface area (Å²) in [4.78, 5) is 22.0. The minimum absolute atomic E-state index is 0.175. The number of carboxylic acids is 1. The predicted molar refractivity (Wildman–Crippen MR) is 64.8 cm³/mol. The summed E-state index contributed by atoms with van der Waals surface area (Å²) >= 11 is 0. The van der Waals surface area contributed by atoms with E-state index in [1.54, 1.807) is 12.1 Å². The van der Waals surface area contributed by atoms with Crippen molar-refractivity contribution in [2.24, 2.45) is 5.73 Å². The Balaban J connectivity index is 2.04. The van der Waals surface area contributed by atoms with Crippen molar-refractivity contribution in [1.29, 1.82) is 0 Å². The molecule has 1 aliphatic heterocycles. The molecule has 1 amide bonds. The first kappa shape index (κ1) is 13.2. The molecular formula is C12H14N2O5. The first-order chi connectivity index (χ1) is 8.99. The highest BCUT2D eigenvalue weighted by Gasteiger charge is 2.21. The number of aryl methyl sites for hydroxylation is 1. The van der Waals surface area contributed by atoms with E-state index < -0.39 is 17.9 Å². The van der Waals surface area contributed by atoms with Crippen molar-refractivity contribution >= 4 is 11.9 Å². The van der Waals surface area contributed by atoms with Gasteiger partial charge in [0.1, 0.15) is 0 Å². The second-order valence-electron chi connectivity index (χ2n) is 4.17. The van der Waals surface area contributed by atoms with E-state index in [9.17, 15) is 9.59 Å². The molecule has 7 heteroatoms. The van der Waals surface area contributed by atoms with Gasteiger partial charge in [-0.15, -0.1) is 0 Å². The average Bonchev–Trinajstić information content (AvgIpc) is 2.81. The molecule has 1 heterocycles. The number of fused-ring (bicyclic) bond motifs is 1.